The molecule has 1 fully saturated rings. The van der Waals surface area contributed by atoms with Crippen LogP contribution in [0.2, 0.25) is 5.02 Å². The van der Waals surface area contributed by atoms with Crippen LogP contribution in [0.1, 0.15) is 53.1 Å². The van der Waals surface area contributed by atoms with Gasteiger partial charge in [-0.3, -0.25) is 4.79 Å². The van der Waals surface area contributed by atoms with Crippen molar-refractivity contribution in [2.75, 3.05) is 5.32 Å². The number of rotatable bonds is 5. The molecule has 1 saturated carbocycles. The maximum absolute atomic E-state index is 12.6. The molecular formula is C27H29ClN6O. The van der Waals surface area contributed by atoms with Crippen LogP contribution < -0.4 is 10.6 Å². The van der Waals surface area contributed by atoms with Crippen molar-refractivity contribution in [3.05, 3.63) is 76.2 Å². The first-order chi connectivity index (χ1) is 16.9. The van der Waals surface area contributed by atoms with E-state index in [-0.39, 0.29) is 18.0 Å². The van der Waals surface area contributed by atoms with Gasteiger partial charge in [-0.05, 0) is 70.7 Å². The van der Waals surface area contributed by atoms with Crippen LogP contribution in [0.5, 0.6) is 0 Å². The van der Waals surface area contributed by atoms with Gasteiger partial charge in [0.05, 0.1) is 21.8 Å². The van der Waals surface area contributed by atoms with Gasteiger partial charge in [-0.15, -0.1) is 0 Å². The SMILES string of the molecule is Cc1ccc(C(=O)NC2CCC(Nc3nc(C)nc4c3c(C)nn4-c3ccccc3Cl)CC2)cc1. The molecular weight excluding hydrogens is 460 g/mol. The molecule has 180 valence electrons. The number of amides is 1. The first-order valence-electron chi connectivity index (χ1n) is 12.0. The van der Waals surface area contributed by atoms with E-state index in [1.54, 1.807) is 4.68 Å². The molecule has 4 aromatic rings. The molecule has 1 aliphatic carbocycles. The molecule has 1 aliphatic rings. The number of hydrogen-bond donors (Lipinski definition) is 2. The molecule has 2 heterocycles. The fourth-order valence-corrected chi connectivity index (χ4v) is 4.95. The molecule has 0 aliphatic heterocycles. The molecule has 5 rings (SSSR count). The first-order valence-corrected chi connectivity index (χ1v) is 12.4. The number of fused-ring (bicyclic) bond motifs is 1. The second-order valence-electron chi connectivity index (χ2n) is 9.30. The quantitative estimate of drug-likeness (QED) is 0.385. The molecule has 0 bridgehead atoms. The Morgan fingerprint density at radius 3 is 2.34 bits per heavy atom. The number of anilines is 1. The van der Waals surface area contributed by atoms with E-state index in [9.17, 15) is 4.79 Å². The Kier molecular flexibility index (Phi) is 6.43. The van der Waals surface area contributed by atoms with Crippen molar-refractivity contribution >= 4 is 34.4 Å². The fourth-order valence-electron chi connectivity index (χ4n) is 4.74. The Morgan fingerprint density at radius 1 is 0.943 bits per heavy atom. The molecule has 8 heteroatoms. The second kappa shape index (κ2) is 9.66. The van der Waals surface area contributed by atoms with Crippen LogP contribution >= 0.6 is 11.6 Å². The number of nitrogens with zero attached hydrogens (tertiary/aromatic N) is 4. The van der Waals surface area contributed by atoms with Crippen molar-refractivity contribution in [3.8, 4) is 5.69 Å². The normalized spacial score (nSPS) is 17.9. The monoisotopic (exact) mass is 488 g/mol. The Hall–Kier alpha value is -3.45. The lowest BCUT2D eigenvalue weighted by Gasteiger charge is -2.30. The Balaban J connectivity index is 1.30. The molecule has 0 unspecified atom stereocenters. The van der Waals surface area contributed by atoms with Gasteiger partial charge < -0.3 is 10.6 Å². The maximum atomic E-state index is 12.6. The third-order valence-corrected chi connectivity index (χ3v) is 6.93. The molecule has 1 amide bonds. The van der Waals surface area contributed by atoms with Crippen molar-refractivity contribution < 1.29 is 4.79 Å². The number of aromatic nitrogens is 4. The Labute approximate surface area is 209 Å². The Morgan fingerprint density at radius 2 is 1.63 bits per heavy atom. The van der Waals surface area contributed by atoms with Gasteiger partial charge >= 0.3 is 0 Å². The summed E-state index contributed by atoms with van der Waals surface area (Å²) in [7, 11) is 0. The highest BCUT2D eigenvalue weighted by molar-refractivity contribution is 6.32. The van der Waals surface area contributed by atoms with Crippen molar-refractivity contribution in [1.29, 1.82) is 0 Å². The maximum Gasteiger partial charge on any atom is 0.251 e. The molecule has 7 nitrogen and oxygen atoms in total. The van der Waals surface area contributed by atoms with E-state index in [1.807, 2.05) is 69.3 Å². The van der Waals surface area contributed by atoms with Crippen LogP contribution in [-0.4, -0.2) is 37.7 Å². The number of para-hydroxylation sites is 1. The van der Waals surface area contributed by atoms with Crippen molar-refractivity contribution in [2.24, 2.45) is 0 Å². The first kappa shape index (κ1) is 23.3. The molecule has 35 heavy (non-hydrogen) atoms. The highest BCUT2D eigenvalue weighted by Crippen LogP contribution is 2.31. The average molecular weight is 489 g/mol. The molecule has 2 aromatic carbocycles. The lowest BCUT2D eigenvalue weighted by molar-refractivity contribution is 0.0926. The van der Waals surface area contributed by atoms with Crippen LogP contribution in [0.15, 0.2) is 48.5 Å². The minimum atomic E-state index is -0.00263. The molecule has 0 saturated heterocycles. The summed E-state index contributed by atoms with van der Waals surface area (Å²) < 4.78 is 1.80. The third-order valence-electron chi connectivity index (χ3n) is 6.61. The number of benzene rings is 2. The lowest BCUT2D eigenvalue weighted by atomic mass is 9.91. The van der Waals surface area contributed by atoms with Crippen molar-refractivity contribution in [2.45, 2.75) is 58.5 Å². The number of aryl methyl sites for hydroxylation is 3. The second-order valence-corrected chi connectivity index (χ2v) is 9.71. The minimum absolute atomic E-state index is 0.00263. The summed E-state index contributed by atoms with van der Waals surface area (Å²) >= 11 is 6.45. The van der Waals surface area contributed by atoms with E-state index in [0.717, 1.165) is 59.5 Å². The number of carbonyl (C=O) groups excluding carboxylic acids is 1. The zero-order chi connectivity index (χ0) is 24.5. The fraction of sp³-hybridized carbons (Fsp3) is 0.333. The van der Waals surface area contributed by atoms with Crippen LogP contribution in [0.25, 0.3) is 16.7 Å². The van der Waals surface area contributed by atoms with E-state index in [1.165, 1.54) is 0 Å². The van der Waals surface area contributed by atoms with Gasteiger partial charge in [0.15, 0.2) is 5.65 Å². The van der Waals surface area contributed by atoms with Gasteiger partial charge in [-0.1, -0.05) is 41.4 Å². The predicted octanol–water partition coefficient (Wildman–Crippen LogP) is 5.55. The smallest absolute Gasteiger partial charge is 0.251 e. The zero-order valence-electron chi connectivity index (χ0n) is 20.2. The largest absolute Gasteiger partial charge is 0.367 e. The lowest BCUT2D eigenvalue weighted by Crippen LogP contribution is -2.40. The van der Waals surface area contributed by atoms with Crippen LogP contribution in [0.3, 0.4) is 0 Å². The molecule has 0 spiro atoms. The zero-order valence-corrected chi connectivity index (χ0v) is 20.9. The average Bonchev–Trinajstić information content (AvgIpc) is 3.17. The van der Waals surface area contributed by atoms with Gasteiger partial charge in [0.1, 0.15) is 11.6 Å². The van der Waals surface area contributed by atoms with Gasteiger partial charge in [0, 0.05) is 17.6 Å². The molecule has 2 aromatic heterocycles. The van der Waals surface area contributed by atoms with Gasteiger partial charge in [0.25, 0.3) is 5.91 Å². The summed E-state index contributed by atoms with van der Waals surface area (Å²) in [6, 6.07) is 15.8. The summed E-state index contributed by atoms with van der Waals surface area (Å²) in [5.74, 6) is 1.47. The highest BCUT2D eigenvalue weighted by atomic mass is 35.5. The number of hydrogen-bond acceptors (Lipinski definition) is 5. The van der Waals surface area contributed by atoms with Crippen LogP contribution in [0.4, 0.5) is 5.82 Å². The van der Waals surface area contributed by atoms with E-state index in [4.69, 9.17) is 21.7 Å². The third kappa shape index (κ3) is 4.86. The van der Waals surface area contributed by atoms with Gasteiger partial charge in [-0.25, -0.2) is 14.6 Å². The number of halogens is 1. The number of nitrogens with one attached hydrogen (secondary N) is 2. The van der Waals surface area contributed by atoms with E-state index in [0.29, 0.717) is 16.4 Å². The van der Waals surface area contributed by atoms with Gasteiger partial charge in [0.2, 0.25) is 0 Å². The van der Waals surface area contributed by atoms with Crippen LogP contribution in [-0.2, 0) is 0 Å². The molecule has 0 atom stereocenters. The van der Waals surface area contributed by atoms with E-state index < -0.39 is 0 Å². The summed E-state index contributed by atoms with van der Waals surface area (Å²) in [5.41, 5.74) is 4.24. The molecule has 0 radical (unpaired) electrons. The predicted molar refractivity (Wildman–Crippen MR) is 139 cm³/mol. The van der Waals surface area contributed by atoms with Crippen molar-refractivity contribution in [3.63, 3.8) is 0 Å². The van der Waals surface area contributed by atoms with Gasteiger partial charge in [-0.2, -0.15) is 5.10 Å². The topological polar surface area (TPSA) is 84.7 Å². The summed E-state index contributed by atoms with van der Waals surface area (Å²) in [6.07, 6.45) is 3.73. The summed E-state index contributed by atoms with van der Waals surface area (Å²) in [6.45, 7) is 5.88. The number of carbonyl (C=O) groups is 1. The minimum Gasteiger partial charge on any atom is -0.367 e. The highest BCUT2D eigenvalue weighted by Gasteiger charge is 2.25. The van der Waals surface area contributed by atoms with E-state index in [2.05, 4.69) is 15.6 Å². The standard InChI is InChI=1S/C27H29ClN6O/c1-16-8-10-19(11-9-16)27(35)32-21-14-12-20(13-15-21)31-25-24-17(2)33-34(26(24)30-18(3)29-25)23-7-5-4-6-22(23)28/h4-11,20-21H,12-15H2,1-3H3,(H,32,35)(H,29,30,31). The summed E-state index contributed by atoms with van der Waals surface area (Å²) in [4.78, 5) is 22.0. The van der Waals surface area contributed by atoms with E-state index >= 15 is 0 Å². The van der Waals surface area contributed by atoms with Crippen LogP contribution in [0, 0.1) is 20.8 Å². The Bertz CT molecular complexity index is 1370. The molecule has 2 N–H and O–H groups in total. The summed E-state index contributed by atoms with van der Waals surface area (Å²) in [5, 5.41) is 13.1. The van der Waals surface area contributed by atoms with Crippen molar-refractivity contribution in [1.82, 2.24) is 25.1 Å².